The molecule has 30 heavy (non-hydrogen) atoms. The second kappa shape index (κ2) is 10.7. The lowest BCUT2D eigenvalue weighted by Gasteiger charge is -1.99. The zero-order valence-electron chi connectivity index (χ0n) is 18.2. The molecule has 10 nitrogen and oxygen atoms in total. The molecule has 1 aliphatic rings. The van der Waals surface area contributed by atoms with E-state index in [2.05, 4.69) is 50.3 Å². The summed E-state index contributed by atoms with van der Waals surface area (Å²) < 4.78 is 0. The fourth-order valence-corrected chi connectivity index (χ4v) is 2.90. The van der Waals surface area contributed by atoms with Crippen LogP contribution in [0.25, 0.3) is 0 Å². The lowest BCUT2D eigenvalue weighted by atomic mass is 10.3. The molecule has 0 saturated carbocycles. The first-order chi connectivity index (χ1) is 14.5. The Morgan fingerprint density at radius 1 is 0.500 bits per heavy atom. The Kier molecular flexibility index (Phi) is 7.69. The van der Waals surface area contributed by atoms with Crippen molar-refractivity contribution in [1.29, 1.82) is 0 Å². The van der Waals surface area contributed by atoms with Crippen LogP contribution in [-0.2, 0) is 0 Å². The van der Waals surface area contributed by atoms with Gasteiger partial charge in [0, 0.05) is 26.2 Å². The number of nitrogens with zero attached hydrogens (tertiary/aromatic N) is 8. The first kappa shape index (κ1) is 21.7. The second-order valence-electron chi connectivity index (χ2n) is 7.30. The quantitative estimate of drug-likeness (QED) is 0.690. The molecular formula is C20H30N10. The summed E-state index contributed by atoms with van der Waals surface area (Å²) in [5.74, 6) is 2.64. The standard InChI is InChI=1S/C20H30N10/c1-13-17-25-18(28-27-17)14(2)22-11-7-8-12-24-16(4)20-26-19(29-30-20)15(3)23-10-6-5-9-21-13/h5-12H2,1-4H3,(H,25,27,28)(H,26,29,30). The van der Waals surface area contributed by atoms with Gasteiger partial charge in [-0.1, -0.05) is 0 Å². The van der Waals surface area contributed by atoms with Crippen molar-refractivity contribution in [3.8, 4) is 0 Å². The van der Waals surface area contributed by atoms with Gasteiger partial charge in [0.05, 0.1) is 22.8 Å². The highest BCUT2D eigenvalue weighted by Gasteiger charge is 2.10. The van der Waals surface area contributed by atoms with Crippen LogP contribution >= 0.6 is 0 Å². The van der Waals surface area contributed by atoms with E-state index in [1.165, 1.54) is 0 Å². The smallest absolute Gasteiger partial charge is 0.195 e. The Bertz CT molecular complexity index is 809. The minimum absolute atomic E-state index is 0.626. The van der Waals surface area contributed by atoms with E-state index < -0.39 is 0 Å². The molecule has 3 heterocycles. The van der Waals surface area contributed by atoms with E-state index in [4.69, 9.17) is 0 Å². The van der Waals surface area contributed by atoms with E-state index in [-0.39, 0.29) is 0 Å². The molecule has 2 aromatic heterocycles. The molecule has 160 valence electrons. The summed E-state index contributed by atoms with van der Waals surface area (Å²) in [7, 11) is 0. The maximum atomic E-state index is 4.60. The van der Waals surface area contributed by atoms with Crippen molar-refractivity contribution in [3.05, 3.63) is 23.3 Å². The zero-order chi connectivity index (χ0) is 21.3. The molecule has 0 amide bonds. The van der Waals surface area contributed by atoms with Crippen molar-refractivity contribution in [3.63, 3.8) is 0 Å². The average Bonchev–Trinajstić information content (AvgIpc) is 3.42. The first-order valence-corrected chi connectivity index (χ1v) is 10.4. The van der Waals surface area contributed by atoms with E-state index in [1.807, 2.05) is 27.7 Å². The summed E-state index contributed by atoms with van der Waals surface area (Å²) in [5.41, 5.74) is 3.36. The predicted octanol–water partition coefficient (Wildman–Crippen LogP) is 2.43. The largest absolute Gasteiger partial charge is 0.286 e. The van der Waals surface area contributed by atoms with Crippen molar-refractivity contribution in [1.82, 2.24) is 30.4 Å². The number of aromatic nitrogens is 6. The van der Waals surface area contributed by atoms with Crippen molar-refractivity contribution in [2.75, 3.05) is 26.2 Å². The fraction of sp³-hybridized carbons (Fsp3) is 0.600. The first-order valence-electron chi connectivity index (χ1n) is 10.4. The number of H-pyrrole nitrogens is 2. The van der Waals surface area contributed by atoms with Gasteiger partial charge in [-0.25, -0.2) is 9.97 Å². The minimum atomic E-state index is 0.626. The Hall–Kier alpha value is -3.04. The normalized spacial score (nSPS) is 17.7. The van der Waals surface area contributed by atoms with Crippen molar-refractivity contribution >= 4 is 22.8 Å². The SMILES string of the molecule is CC1=NCCCCN=C(C)c2nc(n[nH]2)C(C)=NCCCCN=C(C)c2nc1n[nH]2. The molecule has 1 aliphatic heterocycles. The molecule has 0 saturated heterocycles. The van der Waals surface area contributed by atoms with Crippen LogP contribution in [0.2, 0.25) is 0 Å². The molecule has 2 aromatic rings. The zero-order valence-corrected chi connectivity index (χ0v) is 18.2. The van der Waals surface area contributed by atoms with Gasteiger partial charge in [0.1, 0.15) is 0 Å². The highest BCUT2D eigenvalue weighted by molar-refractivity contribution is 5.99. The lowest BCUT2D eigenvalue weighted by molar-refractivity contribution is 0.755. The second-order valence-corrected chi connectivity index (χ2v) is 7.30. The van der Waals surface area contributed by atoms with E-state index >= 15 is 0 Å². The van der Waals surface area contributed by atoms with Gasteiger partial charge >= 0.3 is 0 Å². The van der Waals surface area contributed by atoms with E-state index in [0.29, 0.717) is 23.3 Å². The van der Waals surface area contributed by atoms with Crippen molar-refractivity contribution < 1.29 is 0 Å². The monoisotopic (exact) mass is 410 g/mol. The Labute approximate surface area is 176 Å². The topological polar surface area (TPSA) is 133 Å². The Morgan fingerprint density at radius 2 is 0.833 bits per heavy atom. The number of hydrogen-bond acceptors (Lipinski definition) is 8. The van der Waals surface area contributed by atoms with Gasteiger partial charge in [0.2, 0.25) is 0 Å². The molecule has 10 heteroatoms. The van der Waals surface area contributed by atoms with Crippen molar-refractivity contribution in [2.24, 2.45) is 20.0 Å². The third kappa shape index (κ3) is 5.98. The molecule has 2 N–H and O–H groups in total. The Morgan fingerprint density at radius 3 is 1.20 bits per heavy atom. The van der Waals surface area contributed by atoms with Crippen LogP contribution in [0.1, 0.15) is 76.7 Å². The van der Waals surface area contributed by atoms with Gasteiger partial charge < -0.3 is 0 Å². The summed E-state index contributed by atoms with van der Waals surface area (Å²) in [4.78, 5) is 27.4. The number of rotatable bonds is 0. The van der Waals surface area contributed by atoms with Gasteiger partial charge in [0.15, 0.2) is 23.3 Å². The van der Waals surface area contributed by atoms with Crippen LogP contribution in [-0.4, -0.2) is 79.4 Å². The molecule has 0 atom stereocenters. The molecule has 0 aliphatic carbocycles. The number of fused-ring (bicyclic) bond motifs is 4. The minimum Gasteiger partial charge on any atom is -0.286 e. The van der Waals surface area contributed by atoms with Crippen LogP contribution in [0.15, 0.2) is 20.0 Å². The summed E-state index contributed by atoms with van der Waals surface area (Å²) in [6.07, 6.45) is 3.78. The van der Waals surface area contributed by atoms with E-state index in [1.54, 1.807) is 0 Å². The van der Waals surface area contributed by atoms with Gasteiger partial charge in [-0.2, -0.15) is 10.2 Å². The highest BCUT2D eigenvalue weighted by atomic mass is 15.2. The number of nitrogens with one attached hydrogen (secondary N) is 2. The van der Waals surface area contributed by atoms with E-state index in [0.717, 1.165) is 74.7 Å². The number of aromatic amines is 2. The maximum absolute atomic E-state index is 4.60. The van der Waals surface area contributed by atoms with Gasteiger partial charge in [-0.15, -0.1) is 0 Å². The van der Waals surface area contributed by atoms with Crippen LogP contribution in [0, 0.1) is 0 Å². The lowest BCUT2D eigenvalue weighted by Crippen LogP contribution is -2.04. The summed E-state index contributed by atoms with van der Waals surface area (Å²) in [6.45, 7) is 10.7. The number of aliphatic imine (C=N–C) groups is 4. The predicted molar refractivity (Wildman–Crippen MR) is 120 cm³/mol. The summed E-state index contributed by atoms with van der Waals surface area (Å²) in [5, 5.41) is 14.5. The molecule has 0 aromatic carbocycles. The van der Waals surface area contributed by atoms with Gasteiger partial charge in [-0.3, -0.25) is 30.2 Å². The summed E-state index contributed by atoms with van der Waals surface area (Å²) in [6, 6.07) is 0. The third-order valence-electron chi connectivity index (χ3n) is 4.83. The number of hydrogen-bond donors (Lipinski definition) is 2. The molecule has 3 rings (SSSR count). The summed E-state index contributed by atoms with van der Waals surface area (Å²) >= 11 is 0. The molecule has 0 radical (unpaired) electrons. The van der Waals surface area contributed by atoms with Crippen LogP contribution in [0.5, 0.6) is 0 Å². The van der Waals surface area contributed by atoms with Gasteiger partial charge in [0.25, 0.3) is 0 Å². The molecule has 0 unspecified atom stereocenters. The molecular weight excluding hydrogens is 380 g/mol. The third-order valence-corrected chi connectivity index (χ3v) is 4.83. The fourth-order valence-electron chi connectivity index (χ4n) is 2.90. The molecule has 0 fully saturated rings. The van der Waals surface area contributed by atoms with Gasteiger partial charge in [-0.05, 0) is 53.4 Å². The van der Waals surface area contributed by atoms with E-state index in [9.17, 15) is 0 Å². The molecule has 4 bridgehead atoms. The van der Waals surface area contributed by atoms with Crippen LogP contribution in [0.3, 0.4) is 0 Å². The Balaban J connectivity index is 1.73. The average molecular weight is 411 g/mol. The maximum Gasteiger partial charge on any atom is 0.195 e. The van der Waals surface area contributed by atoms with Crippen molar-refractivity contribution in [2.45, 2.75) is 53.4 Å². The van der Waals surface area contributed by atoms with Crippen LogP contribution in [0.4, 0.5) is 0 Å². The highest BCUT2D eigenvalue weighted by Crippen LogP contribution is 2.03. The molecule has 0 spiro atoms. The van der Waals surface area contributed by atoms with Crippen LogP contribution < -0.4 is 0 Å².